The Kier molecular flexibility index (Phi) is 3.97. The Labute approximate surface area is 95.3 Å². The van der Waals surface area contributed by atoms with Crippen molar-refractivity contribution in [3.8, 4) is 0 Å². The second kappa shape index (κ2) is 6.57. The molecule has 1 atom stereocenters. The van der Waals surface area contributed by atoms with E-state index in [0.717, 1.165) is 0 Å². The number of halogens is 1. The van der Waals surface area contributed by atoms with Crippen molar-refractivity contribution in [2.75, 3.05) is 6.98 Å². The van der Waals surface area contributed by atoms with Crippen LogP contribution in [0, 0.1) is 0 Å². The van der Waals surface area contributed by atoms with E-state index in [9.17, 15) is 4.79 Å². The smallest absolute Gasteiger partial charge is 0.179 e. The second-order valence-corrected chi connectivity index (χ2v) is 2.84. The van der Waals surface area contributed by atoms with E-state index in [1.807, 2.05) is 6.07 Å². The molecular weight excluding hydrogens is 199 g/mol. The van der Waals surface area contributed by atoms with Gasteiger partial charge in [0.1, 0.15) is 0 Å². The molecular formula is C11H16ClNO. The predicted octanol–water partition coefficient (Wildman–Crippen LogP) is 2.29. The fraction of sp³-hybridized carbons (Fsp3) is 0.364. The Bertz CT molecular complexity index is 353. The summed E-state index contributed by atoms with van der Waals surface area (Å²) < 4.78 is 21.3. The SMILES string of the molecule is Cl.[2H][13C]([2H])([2H])NC(CC)C(=O)c1ccccc1. The van der Waals surface area contributed by atoms with Gasteiger partial charge in [0.15, 0.2) is 5.78 Å². The number of rotatable bonds is 4. The second-order valence-electron chi connectivity index (χ2n) is 2.84. The minimum Gasteiger partial charge on any atom is -0.310 e. The van der Waals surface area contributed by atoms with Crippen LogP contribution in [0.5, 0.6) is 0 Å². The van der Waals surface area contributed by atoms with Gasteiger partial charge in [-0.2, -0.15) is 0 Å². The molecule has 0 bridgehead atoms. The maximum atomic E-state index is 11.9. The Morgan fingerprint density at radius 1 is 1.50 bits per heavy atom. The fourth-order valence-corrected chi connectivity index (χ4v) is 1.16. The van der Waals surface area contributed by atoms with Crippen LogP contribution in [0.25, 0.3) is 0 Å². The normalized spacial score (nSPS) is 15.6. The highest BCUT2D eigenvalue weighted by molar-refractivity contribution is 5.99. The topological polar surface area (TPSA) is 29.1 Å². The third-order valence-electron chi connectivity index (χ3n) is 1.96. The Hall–Kier alpha value is -0.860. The van der Waals surface area contributed by atoms with Crippen LogP contribution in [-0.4, -0.2) is 18.8 Å². The molecule has 2 nitrogen and oxygen atoms in total. The standard InChI is InChI=1S/C11H15NO.ClH/c1-3-10(12-2)11(13)9-7-5-4-6-8-9;/h4-8,10,12H,3H2,1-2H3;1H/i2+1D3;. The number of likely N-dealkylation sites (N-methyl/N-ethyl adjacent to an activating group) is 1. The van der Waals surface area contributed by atoms with Crippen LogP contribution in [0.1, 0.15) is 27.8 Å². The highest BCUT2D eigenvalue weighted by Crippen LogP contribution is 2.05. The van der Waals surface area contributed by atoms with E-state index < -0.39 is 13.0 Å². The highest BCUT2D eigenvalue weighted by Gasteiger charge is 2.14. The van der Waals surface area contributed by atoms with Gasteiger partial charge in [0, 0.05) is 9.68 Å². The molecule has 0 saturated heterocycles. The molecule has 3 heteroatoms. The van der Waals surface area contributed by atoms with Gasteiger partial charge in [0.2, 0.25) is 0 Å². The van der Waals surface area contributed by atoms with E-state index in [1.165, 1.54) is 0 Å². The van der Waals surface area contributed by atoms with Crippen molar-refractivity contribution in [1.82, 2.24) is 5.32 Å². The summed E-state index contributed by atoms with van der Waals surface area (Å²) in [5.74, 6) is -0.181. The van der Waals surface area contributed by atoms with Gasteiger partial charge in [-0.25, -0.2) is 0 Å². The summed E-state index contributed by atoms with van der Waals surface area (Å²) in [6.45, 7) is -0.505. The molecule has 0 spiro atoms. The lowest BCUT2D eigenvalue weighted by molar-refractivity contribution is 0.0945. The van der Waals surface area contributed by atoms with Crippen molar-refractivity contribution in [2.45, 2.75) is 19.4 Å². The van der Waals surface area contributed by atoms with Crippen LogP contribution >= 0.6 is 12.4 Å². The summed E-state index contributed by atoms with van der Waals surface area (Å²) in [4.78, 5) is 11.9. The average Bonchev–Trinajstić information content (AvgIpc) is 2.25. The van der Waals surface area contributed by atoms with Crippen molar-refractivity contribution < 1.29 is 8.91 Å². The van der Waals surface area contributed by atoms with Gasteiger partial charge >= 0.3 is 0 Å². The molecule has 0 heterocycles. The first kappa shape index (κ1) is 8.45. The van der Waals surface area contributed by atoms with E-state index in [2.05, 4.69) is 5.32 Å². The van der Waals surface area contributed by atoms with Gasteiger partial charge in [-0.3, -0.25) is 4.79 Å². The molecule has 0 aliphatic heterocycles. The summed E-state index contributed by atoms with van der Waals surface area (Å²) in [7, 11) is 0. The molecule has 1 N–H and O–H groups in total. The van der Waals surface area contributed by atoms with Crippen LogP contribution in [-0.2, 0) is 0 Å². The van der Waals surface area contributed by atoms with Gasteiger partial charge in [-0.1, -0.05) is 37.3 Å². The van der Waals surface area contributed by atoms with E-state index >= 15 is 0 Å². The summed E-state index contributed by atoms with van der Waals surface area (Å²) >= 11 is 0. The highest BCUT2D eigenvalue weighted by atomic mass is 35.5. The zero-order chi connectivity index (χ0) is 12.2. The summed E-state index contributed by atoms with van der Waals surface area (Å²) in [6.07, 6.45) is 0.451. The van der Waals surface area contributed by atoms with Gasteiger partial charge < -0.3 is 5.32 Å². The van der Waals surface area contributed by atoms with Crippen LogP contribution < -0.4 is 5.32 Å². The van der Waals surface area contributed by atoms with Crippen molar-refractivity contribution in [1.29, 1.82) is 0 Å². The van der Waals surface area contributed by atoms with Crippen LogP contribution in [0.4, 0.5) is 0 Å². The average molecular weight is 218 g/mol. The number of ketones is 1. The molecule has 0 amide bonds. The molecule has 0 fully saturated rings. The third kappa shape index (κ3) is 3.13. The summed E-state index contributed by atoms with van der Waals surface area (Å²) in [6, 6.07) is 8.05. The lowest BCUT2D eigenvalue weighted by atomic mass is 10.0. The Morgan fingerprint density at radius 3 is 2.64 bits per heavy atom. The Morgan fingerprint density at radius 2 is 2.14 bits per heavy atom. The number of benzene rings is 1. The largest absolute Gasteiger partial charge is 0.310 e. The molecule has 1 unspecified atom stereocenters. The summed E-state index contributed by atoms with van der Waals surface area (Å²) in [5.41, 5.74) is 0.533. The van der Waals surface area contributed by atoms with Gasteiger partial charge in [-0.05, 0) is 13.4 Å². The zero-order valence-electron chi connectivity index (χ0n) is 11.0. The maximum absolute atomic E-state index is 11.9. The number of carbonyl (C=O) groups is 1. The molecule has 1 aromatic carbocycles. The molecule has 1 rings (SSSR count). The van der Waals surface area contributed by atoms with Crippen molar-refractivity contribution >= 4 is 18.2 Å². The van der Waals surface area contributed by atoms with E-state index in [-0.39, 0.29) is 18.2 Å². The molecule has 78 valence electrons. The van der Waals surface area contributed by atoms with Crippen LogP contribution in [0.2, 0.25) is 0 Å². The third-order valence-corrected chi connectivity index (χ3v) is 1.96. The monoisotopic (exact) mass is 217 g/mol. The number of hydrogen-bond donors (Lipinski definition) is 1. The first-order valence-electron chi connectivity index (χ1n) is 5.81. The fourth-order valence-electron chi connectivity index (χ4n) is 1.16. The lowest BCUT2D eigenvalue weighted by Gasteiger charge is -2.11. The zero-order valence-corrected chi connectivity index (χ0v) is 8.80. The minimum atomic E-state index is -2.29. The number of Topliss-reactive ketones (excluding diaryl/α,β-unsaturated/α-hetero) is 1. The van der Waals surface area contributed by atoms with Crippen molar-refractivity contribution in [2.24, 2.45) is 0 Å². The first-order valence-corrected chi connectivity index (χ1v) is 4.31. The molecule has 0 saturated carbocycles. The van der Waals surface area contributed by atoms with E-state index in [1.54, 1.807) is 31.2 Å². The van der Waals surface area contributed by atoms with Crippen molar-refractivity contribution in [3.63, 3.8) is 0 Å². The predicted molar refractivity (Wildman–Crippen MR) is 61.2 cm³/mol. The molecule has 14 heavy (non-hydrogen) atoms. The van der Waals surface area contributed by atoms with Crippen LogP contribution in [0.3, 0.4) is 0 Å². The lowest BCUT2D eigenvalue weighted by Crippen LogP contribution is -2.33. The number of hydrogen-bond acceptors (Lipinski definition) is 2. The molecule has 0 aromatic heterocycles. The summed E-state index contributed by atoms with van der Waals surface area (Å²) in [5, 5.41) is 2.35. The molecule has 0 aliphatic carbocycles. The van der Waals surface area contributed by atoms with Crippen LogP contribution in [0.15, 0.2) is 30.3 Å². The van der Waals surface area contributed by atoms with Crippen molar-refractivity contribution in [3.05, 3.63) is 35.9 Å². The van der Waals surface area contributed by atoms with E-state index in [0.29, 0.717) is 12.0 Å². The molecule has 1 aromatic rings. The van der Waals surface area contributed by atoms with E-state index in [4.69, 9.17) is 4.11 Å². The Balaban J connectivity index is 0.00000256. The van der Waals surface area contributed by atoms with Gasteiger partial charge in [0.05, 0.1) is 6.04 Å². The number of nitrogens with one attached hydrogen (secondary N) is 1. The number of carbonyl (C=O) groups excluding carboxylic acids is 1. The first-order chi connectivity index (χ1) is 7.44. The quantitative estimate of drug-likeness (QED) is 0.620. The van der Waals surface area contributed by atoms with Gasteiger partial charge in [0.25, 0.3) is 0 Å². The minimum absolute atomic E-state index is 0. The van der Waals surface area contributed by atoms with Gasteiger partial charge in [-0.15, -0.1) is 12.4 Å². The molecule has 0 aliphatic rings. The maximum Gasteiger partial charge on any atom is 0.179 e. The molecule has 0 radical (unpaired) electrons.